The van der Waals surface area contributed by atoms with Crippen LogP contribution in [0, 0.1) is 6.92 Å². The van der Waals surface area contributed by atoms with Gasteiger partial charge in [-0.1, -0.05) is 6.92 Å². The predicted molar refractivity (Wildman–Crippen MR) is 74.9 cm³/mol. The molecule has 0 amide bonds. The fraction of sp³-hybridized carbons (Fsp3) is 0.467. The Morgan fingerprint density at radius 2 is 2.16 bits per heavy atom. The third kappa shape index (κ3) is 3.20. The number of aromatic nitrogens is 3. The van der Waals surface area contributed by atoms with Gasteiger partial charge in [-0.15, -0.1) is 0 Å². The van der Waals surface area contributed by atoms with E-state index in [0.717, 1.165) is 23.2 Å². The van der Waals surface area contributed by atoms with E-state index in [9.17, 15) is 5.11 Å². The monoisotopic (exact) mass is 259 g/mol. The zero-order chi connectivity index (χ0) is 13.8. The van der Waals surface area contributed by atoms with Gasteiger partial charge < -0.3 is 5.11 Å². The van der Waals surface area contributed by atoms with Crippen LogP contribution in [0.1, 0.15) is 49.2 Å². The van der Waals surface area contributed by atoms with Crippen molar-refractivity contribution < 1.29 is 5.11 Å². The van der Waals surface area contributed by atoms with Crippen LogP contribution < -0.4 is 0 Å². The van der Waals surface area contributed by atoms with Crippen molar-refractivity contribution in [3.63, 3.8) is 0 Å². The molecule has 0 aliphatic carbocycles. The summed E-state index contributed by atoms with van der Waals surface area (Å²) >= 11 is 0. The summed E-state index contributed by atoms with van der Waals surface area (Å²) in [5, 5.41) is 14.8. The van der Waals surface area contributed by atoms with E-state index in [4.69, 9.17) is 0 Å². The normalized spacial score (nSPS) is 14.3. The maximum atomic E-state index is 10.3. The van der Waals surface area contributed by atoms with Crippen molar-refractivity contribution in [2.75, 3.05) is 0 Å². The van der Waals surface area contributed by atoms with Crippen molar-refractivity contribution in [3.05, 3.63) is 47.5 Å². The van der Waals surface area contributed by atoms with Crippen LogP contribution in [0.5, 0.6) is 0 Å². The summed E-state index contributed by atoms with van der Waals surface area (Å²) in [5.41, 5.74) is 2.85. The van der Waals surface area contributed by atoms with Gasteiger partial charge >= 0.3 is 0 Å². The molecule has 2 aromatic rings. The molecule has 2 heterocycles. The lowest BCUT2D eigenvalue weighted by molar-refractivity contribution is 0.175. The van der Waals surface area contributed by atoms with E-state index in [2.05, 4.69) is 23.9 Å². The zero-order valence-corrected chi connectivity index (χ0v) is 11.7. The highest BCUT2D eigenvalue weighted by atomic mass is 16.3. The van der Waals surface area contributed by atoms with Crippen LogP contribution in [-0.4, -0.2) is 19.9 Å². The molecule has 0 bridgehead atoms. The van der Waals surface area contributed by atoms with Crippen LogP contribution in [0.15, 0.2) is 30.7 Å². The van der Waals surface area contributed by atoms with E-state index in [1.54, 1.807) is 12.4 Å². The van der Waals surface area contributed by atoms with Gasteiger partial charge in [0.25, 0.3) is 0 Å². The molecule has 4 nitrogen and oxygen atoms in total. The van der Waals surface area contributed by atoms with Gasteiger partial charge in [0.15, 0.2) is 0 Å². The number of rotatable bonds is 5. The van der Waals surface area contributed by atoms with Crippen molar-refractivity contribution in [2.24, 2.45) is 0 Å². The fourth-order valence-corrected chi connectivity index (χ4v) is 2.05. The summed E-state index contributed by atoms with van der Waals surface area (Å²) in [6, 6.07) is 4.28. The Kier molecular flexibility index (Phi) is 4.32. The quantitative estimate of drug-likeness (QED) is 0.898. The van der Waals surface area contributed by atoms with Crippen LogP contribution in [0.25, 0.3) is 0 Å². The molecule has 1 N–H and O–H groups in total. The summed E-state index contributed by atoms with van der Waals surface area (Å²) in [4.78, 5) is 4.07. The molecule has 0 spiro atoms. The molecule has 2 unspecified atom stereocenters. The Morgan fingerprint density at radius 1 is 1.37 bits per heavy atom. The van der Waals surface area contributed by atoms with E-state index in [-0.39, 0.29) is 0 Å². The molecule has 0 fully saturated rings. The number of pyridine rings is 1. The molecule has 2 aromatic heterocycles. The highest BCUT2D eigenvalue weighted by Gasteiger charge is 2.13. The first-order chi connectivity index (χ1) is 9.11. The van der Waals surface area contributed by atoms with Crippen LogP contribution in [0.3, 0.4) is 0 Å². The minimum absolute atomic E-state index is 0.394. The topological polar surface area (TPSA) is 50.9 Å². The summed E-state index contributed by atoms with van der Waals surface area (Å²) in [7, 11) is 0. The molecule has 0 aliphatic rings. The van der Waals surface area contributed by atoms with Gasteiger partial charge in [-0.05, 0) is 38.0 Å². The second-order valence-electron chi connectivity index (χ2n) is 5.00. The average Bonchev–Trinajstić information content (AvgIpc) is 2.86. The molecular weight excluding hydrogens is 238 g/mol. The summed E-state index contributed by atoms with van der Waals surface area (Å²) in [6.45, 7) is 6.26. The van der Waals surface area contributed by atoms with E-state index in [1.165, 1.54) is 0 Å². The van der Waals surface area contributed by atoms with Gasteiger partial charge in [-0.3, -0.25) is 9.67 Å². The van der Waals surface area contributed by atoms with Gasteiger partial charge in [0.2, 0.25) is 0 Å². The Morgan fingerprint density at radius 3 is 2.84 bits per heavy atom. The summed E-state index contributed by atoms with van der Waals surface area (Å²) in [6.07, 6.45) is 6.47. The molecule has 0 aromatic carbocycles. The third-order valence-electron chi connectivity index (χ3n) is 3.55. The molecule has 2 rings (SSSR count). The second-order valence-corrected chi connectivity index (χ2v) is 5.00. The minimum atomic E-state index is -0.547. The van der Waals surface area contributed by atoms with Crippen LogP contribution in [0.4, 0.5) is 0 Å². The van der Waals surface area contributed by atoms with E-state index >= 15 is 0 Å². The Labute approximate surface area is 114 Å². The molecule has 102 valence electrons. The summed E-state index contributed by atoms with van der Waals surface area (Å²) in [5.74, 6) is 0. The van der Waals surface area contributed by atoms with Crippen LogP contribution in [0.2, 0.25) is 0 Å². The predicted octanol–water partition coefficient (Wildman–Crippen LogP) is 2.83. The molecule has 4 heteroatoms. The van der Waals surface area contributed by atoms with Gasteiger partial charge in [-0.2, -0.15) is 5.10 Å². The third-order valence-corrected chi connectivity index (χ3v) is 3.55. The van der Waals surface area contributed by atoms with Gasteiger partial charge in [0, 0.05) is 36.6 Å². The lowest BCUT2D eigenvalue weighted by atomic mass is 10.0. The second kappa shape index (κ2) is 5.97. The Hall–Kier alpha value is -1.68. The molecule has 2 atom stereocenters. The van der Waals surface area contributed by atoms with Crippen molar-refractivity contribution in [1.82, 2.24) is 14.8 Å². The maximum absolute atomic E-state index is 10.3. The first-order valence-corrected chi connectivity index (χ1v) is 6.74. The van der Waals surface area contributed by atoms with Crippen LogP contribution in [-0.2, 0) is 6.42 Å². The Balaban J connectivity index is 2.09. The fourth-order valence-electron chi connectivity index (χ4n) is 2.05. The Bertz CT molecular complexity index is 536. The highest BCUT2D eigenvalue weighted by Crippen LogP contribution is 2.20. The number of nitrogens with zero attached hydrogens (tertiary/aromatic N) is 3. The van der Waals surface area contributed by atoms with Crippen molar-refractivity contribution in [3.8, 4) is 0 Å². The number of aliphatic hydroxyl groups is 1. The number of hydrogen-bond acceptors (Lipinski definition) is 3. The molecule has 0 aliphatic heterocycles. The smallest absolute Gasteiger partial charge is 0.0863 e. The van der Waals surface area contributed by atoms with Gasteiger partial charge in [0.05, 0.1) is 11.8 Å². The standard InChI is InChI=1S/C15H21N3O/c1-4-12(3)18-8-6-13(17-18)9-15(19)14-10-16-7-5-11(14)2/h5-8,10,12,15,19H,4,9H2,1-3H3. The SMILES string of the molecule is CCC(C)n1ccc(CC(O)c2cnccc2C)n1. The lowest BCUT2D eigenvalue weighted by Crippen LogP contribution is -2.08. The first kappa shape index (κ1) is 13.7. The zero-order valence-electron chi connectivity index (χ0n) is 11.7. The molecule has 0 saturated carbocycles. The minimum Gasteiger partial charge on any atom is -0.388 e. The number of aliphatic hydroxyl groups excluding tert-OH is 1. The van der Waals surface area contributed by atoms with E-state index in [1.807, 2.05) is 29.9 Å². The average molecular weight is 259 g/mol. The van der Waals surface area contributed by atoms with Gasteiger partial charge in [-0.25, -0.2) is 0 Å². The largest absolute Gasteiger partial charge is 0.388 e. The first-order valence-electron chi connectivity index (χ1n) is 6.74. The van der Waals surface area contributed by atoms with E-state index in [0.29, 0.717) is 12.5 Å². The van der Waals surface area contributed by atoms with Crippen molar-refractivity contribution in [2.45, 2.75) is 45.8 Å². The number of hydrogen-bond donors (Lipinski definition) is 1. The number of aryl methyl sites for hydroxylation is 1. The van der Waals surface area contributed by atoms with Crippen molar-refractivity contribution >= 4 is 0 Å². The molecule has 0 radical (unpaired) electrons. The molecule has 0 saturated heterocycles. The lowest BCUT2D eigenvalue weighted by Gasteiger charge is -2.12. The highest BCUT2D eigenvalue weighted by molar-refractivity contribution is 5.24. The van der Waals surface area contributed by atoms with E-state index < -0.39 is 6.10 Å². The van der Waals surface area contributed by atoms with Gasteiger partial charge in [0.1, 0.15) is 0 Å². The molecule has 19 heavy (non-hydrogen) atoms. The van der Waals surface area contributed by atoms with Crippen molar-refractivity contribution in [1.29, 1.82) is 0 Å². The molecular formula is C15H21N3O. The maximum Gasteiger partial charge on any atom is 0.0863 e. The van der Waals surface area contributed by atoms with Crippen LogP contribution >= 0.6 is 0 Å². The summed E-state index contributed by atoms with van der Waals surface area (Å²) < 4.78 is 1.96.